The molecule has 0 fully saturated rings. The van der Waals surface area contributed by atoms with Crippen LogP contribution in [0.5, 0.6) is 0 Å². The number of halogens is 1. The molecule has 11 heavy (non-hydrogen) atoms. The summed E-state index contributed by atoms with van der Waals surface area (Å²) in [5.41, 5.74) is 6.33. The summed E-state index contributed by atoms with van der Waals surface area (Å²) in [6.45, 7) is 0. The molecule has 4 heteroatoms. The predicted molar refractivity (Wildman–Crippen MR) is 45.1 cm³/mol. The third-order valence-electron chi connectivity index (χ3n) is 1.33. The first-order valence-electron chi connectivity index (χ1n) is 3.07. The molecule has 0 atom stereocenters. The van der Waals surface area contributed by atoms with Crippen LogP contribution in [0.4, 0.5) is 11.4 Å². The summed E-state index contributed by atoms with van der Waals surface area (Å²) >= 11 is 5.62. The van der Waals surface area contributed by atoms with E-state index in [1.807, 2.05) is 0 Å². The average Bonchev–Trinajstić information content (AvgIpc) is 1.85. The van der Waals surface area contributed by atoms with Crippen molar-refractivity contribution in [2.45, 2.75) is 0 Å². The summed E-state index contributed by atoms with van der Waals surface area (Å²) in [6.07, 6.45) is 0. The second kappa shape index (κ2) is 2.88. The number of rotatable bonds is 1. The maximum atomic E-state index is 10.8. The monoisotopic (exact) mass is 171 g/mol. The van der Waals surface area contributed by atoms with Gasteiger partial charge >= 0.3 is 0 Å². The van der Waals surface area contributed by atoms with E-state index in [9.17, 15) is 4.91 Å². The Bertz CT molecular complexity index is 298. The van der Waals surface area contributed by atoms with E-state index in [1.54, 1.807) is 18.2 Å². The Morgan fingerprint density at radius 3 is 2.64 bits per heavy atom. The summed E-state index contributed by atoms with van der Waals surface area (Å²) < 4.78 is 0.700. The first-order valence-corrected chi connectivity index (χ1v) is 3.45. The van der Waals surface area contributed by atoms with E-state index < -0.39 is 0 Å². The Labute approximate surface area is 69.3 Å². The van der Waals surface area contributed by atoms with E-state index in [1.165, 1.54) is 7.05 Å². The van der Waals surface area contributed by atoms with Crippen LogP contribution in [0.2, 0.25) is 5.02 Å². The summed E-state index contributed by atoms with van der Waals surface area (Å²) in [6, 6.07) is 4.76. The Kier molecular flexibility index (Phi) is 2.10. The third-order valence-corrected chi connectivity index (χ3v) is 1.56. The van der Waals surface area contributed by atoms with Gasteiger partial charge in [-0.15, -0.1) is 0 Å². The van der Waals surface area contributed by atoms with Gasteiger partial charge in [0.05, 0.1) is 0 Å². The molecule has 0 spiro atoms. The zero-order chi connectivity index (χ0) is 8.43. The van der Waals surface area contributed by atoms with Crippen LogP contribution in [0.25, 0.3) is 0 Å². The van der Waals surface area contributed by atoms with E-state index in [2.05, 4.69) is 0 Å². The summed E-state index contributed by atoms with van der Waals surface area (Å²) in [5.74, 6) is 0. The van der Waals surface area contributed by atoms with Gasteiger partial charge in [0.25, 0.3) is 5.69 Å². The molecule has 0 aliphatic rings. The molecule has 1 aromatic carbocycles. The van der Waals surface area contributed by atoms with E-state index in [4.69, 9.17) is 17.3 Å². The van der Waals surface area contributed by atoms with Gasteiger partial charge < -0.3 is 5.73 Å². The number of hydrogen-bond donors (Lipinski definition) is 1. The first-order chi connectivity index (χ1) is 5.11. The van der Waals surface area contributed by atoms with Gasteiger partial charge in [-0.1, -0.05) is 11.6 Å². The van der Waals surface area contributed by atoms with Crippen molar-refractivity contribution in [2.75, 3.05) is 12.8 Å². The smallest absolute Gasteiger partial charge is 0.278 e. The Morgan fingerprint density at radius 2 is 2.18 bits per heavy atom. The van der Waals surface area contributed by atoms with Crippen LogP contribution in [0.1, 0.15) is 0 Å². The molecule has 0 unspecified atom stereocenters. The number of nitrogens with zero attached hydrogens (tertiary/aromatic N) is 1. The van der Waals surface area contributed by atoms with Gasteiger partial charge in [0.2, 0.25) is 0 Å². The highest BCUT2D eigenvalue weighted by atomic mass is 35.5. The van der Waals surface area contributed by atoms with Crippen molar-refractivity contribution in [1.29, 1.82) is 0 Å². The highest BCUT2D eigenvalue weighted by molar-refractivity contribution is 6.30. The normalized spacial score (nSPS) is 9.64. The molecular formula is C7H8ClN2O+. The lowest BCUT2D eigenvalue weighted by atomic mass is 10.3. The van der Waals surface area contributed by atoms with E-state index in [0.29, 0.717) is 21.2 Å². The molecule has 1 aromatic rings. The largest absolute Gasteiger partial charge is 0.393 e. The van der Waals surface area contributed by atoms with Crippen LogP contribution < -0.4 is 5.73 Å². The fourth-order valence-corrected chi connectivity index (χ4v) is 0.993. The van der Waals surface area contributed by atoms with Gasteiger partial charge in [0.1, 0.15) is 5.69 Å². The molecule has 2 N–H and O–H groups in total. The van der Waals surface area contributed by atoms with Crippen molar-refractivity contribution >= 4 is 23.0 Å². The second-order valence-electron chi connectivity index (χ2n) is 2.20. The molecule has 0 amide bonds. The van der Waals surface area contributed by atoms with Gasteiger partial charge in [-0.3, -0.25) is 0 Å². The molecule has 0 aliphatic heterocycles. The molecule has 0 aliphatic carbocycles. The Balaban J connectivity index is 3.20. The minimum atomic E-state index is 0.398. The fraction of sp³-hybridized carbons (Fsp3) is 0.143. The lowest BCUT2D eigenvalue weighted by Gasteiger charge is -1.94. The minimum Gasteiger partial charge on any atom is -0.393 e. The highest BCUT2D eigenvalue weighted by Crippen LogP contribution is 2.23. The van der Waals surface area contributed by atoms with Gasteiger partial charge in [-0.25, -0.2) is 0 Å². The number of nitrogens with two attached hydrogens (primary N) is 1. The maximum Gasteiger partial charge on any atom is 0.278 e. The second-order valence-corrected chi connectivity index (χ2v) is 2.64. The van der Waals surface area contributed by atoms with Crippen LogP contribution in [0, 0.1) is 4.91 Å². The zero-order valence-corrected chi connectivity index (χ0v) is 6.80. The molecule has 58 valence electrons. The van der Waals surface area contributed by atoms with Crippen LogP contribution in [0.15, 0.2) is 18.2 Å². The molecule has 0 saturated heterocycles. The Morgan fingerprint density at radius 1 is 1.55 bits per heavy atom. The quantitative estimate of drug-likeness (QED) is 0.519. The molecule has 0 radical (unpaired) electrons. The standard InChI is InChI=1S/C7H8ClN2O/c1-10(11)7-3-2-5(8)4-6(7)9/h2-4H,9H2,1H3/q+1. The minimum absolute atomic E-state index is 0.398. The summed E-state index contributed by atoms with van der Waals surface area (Å²) in [5, 5.41) is 0.535. The molecular weight excluding hydrogens is 164 g/mol. The van der Waals surface area contributed by atoms with Crippen molar-refractivity contribution in [3.63, 3.8) is 0 Å². The van der Waals surface area contributed by atoms with Crippen LogP contribution >= 0.6 is 11.6 Å². The predicted octanol–water partition coefficient (Wildman–Crippen LogP) is 1.96. The topological polar surface area (TPSA) is 46.1 Å². The van der Waals surface area contributed by atoms with Crippen LogP contribution in [-0.4, -0.2) is 11.8 Å². The number of nitrogen functional groups attached to an aromatic ring is 1. The van der Waals surface area contributed by atoms with Crippen molar-refractivity contribution in [1.82, 2.24) is 0 Å². The number of anilines is 1. The fourth-order valence-electron chi connectivity index (χ4n) is 0.812. The van der Waals surface area contributed by atoms with Crippen molar-refractivity contribution in [3.05, 3.63) is 28.1 Å². The Hall–Kier alpha value is -1.09. The molecule has 3 nitrogen and oxygen atoms in total. The first kappa shape index (κ1) is 8.01. The summed E-state index contributed by atoms with van der Waals surface area (Å²) in [4.78, 5) is 10.8. The zero-order valence-electron chi connectivity index (χ0n) is 6.04. The molecule has 0 bridgehead atoms. The van der Waals surface area contributed by atoms with Gasteiger partial charge in [-0.2, -0.15) is 0 Å². The third kappa shape index (κ3) is 1.68. The van der Waals surface area contributed by atoms with E-state index in [-0.39, 0.29) is 0 Å². The van der Waals surface area contributed by atoms with Gasteiger partial charge in [-0.05, 0) is 12.1 Å². The van der Waals surface area contributed by atoms with Crippen molar-refractivity contribution in [3.8, 4) is 0 Å². The van der Waals surface area contributed by atoms with Crippen molar-refractivity contribution < 1.29 is 4.76 Å². The number of hydrogen-bond acceptors (Lipinski definition) is 2. The maximum absolute atomic E-state index is 10.8. The summed E-state index contributed by atoms with van der Waals surface area (Å²) in [7, 11) is 1.39. The number of nitroso groups, excluding NO2 is 1. The van der Waals surface area contributed by atoms with E-state index >= 15 is 0 Å². The lowest BCUT2D eigenvalue weighted by Crippen LogP contribution is -1.96. The SMILES string of the molecule is C[N+](=O)c1ccc(Cl)cc1N. The average molecular weight is 172 g/mol. The van der Waals surface area contributed by atoms with Crippen LogP contribution in [0.3, 0.4) is 0 Å². The van der Waals surface area contributed by atoms with Gasteiger partial charge in [0, 0.05) is 20.8 Å². The van der Waals surface area contributed by atoms with Crippen molar-refractivity contribution in [2.24, 2.45) is 0 Å². The molecule has 1 rings (SSSR count). The van der Waals surface area contributed by atoms with Gasteiger partial charge in [0.15, 0.2) is 7.05 Å². The number of benzene rings is 1. The van der Waals surface area contributed by atoms with E-state index in [0.717, 1.165) is 0 Å². The highest BCUT2D eigenvalue weighted by Gasteiger charge is 2.10. The molecule has 0 saturated carbocycles. The van der Waals surface area contributed by atoms with Crippen LogP contribution in [-0.2, 0) is 0 Å². The lowest BCUT2D eigenvalue weighted by molar-refractivity contribution is -0.427. The molecule has 0 aromatic heterocycles. The molecule has 0 heterocycles.